The highest BCUT2D eigenvalue weighted by atomic mass is 16.5. The zero-order valence-electron chi connectivity index (χ0n) is 9.00. The van der Waals surface area contributed by atoms with Crippen molar-refractivity contribution in [3.05, 3.63) is 29.5 Å². The maximum Gasteiger partial charge on any atom is 0.384 e. The Bertz CT molecular complexity index is 602. The lowest BCUT2D eigenvalue weighted by atomic mass is 10.1. The van der Waals surface area contributed by atoms with Crippen molar-refractivity contribution in [3.63, 3.8) is 0 Å². The third kappa shape index (κ3) is 1.89. The fourth-order valence-electron chi connectivity index (χ4n) is 1.40. The standard InChI is InChI=1S/C12H10N2O2/c1-8-10-5-3-9(4-6-12(15)16-2)7-11(10)14-13-8/h3,5,7H,1-2H3,(H,13,14). The lowest BCUT2D eigenvalue weighted by molar-refractivity contribution is -0.133. The van der Waals surface area contributed by atoms with Crippen LogP contribution in [0.2, 0.25) is 0 Å². The van der Waals surface area contributed by atoms with Crippen LogP contribution in [0.5, 0.6) is 0 Å². The molecule has 1 aromatic heterocycles. The Balaban J connectivity index is 2.39. The number of aromatic amines is 1. The van der Waals surface area contributed by atoms with Gasteiger partial charge in [0.2, 0.25) is 0 Å². The van der Waals surface area contributed by atoms with Crippen molar-refractivity contribution in [2.75, 3.05) is 7.11 Å². The number of hydrogen-bond donors (Lipinski definition) is 1. The monoisotopic (exact) mass is 214 g/mol. The molecule has 0 aliphatic rings. The summed E-state index contributed by atoms with van der Waals surface area (Å²) in [5.41, 5.74) is 2.60. The normalized spacial score (nSPS) is 9.62. The maximum absolute atomic E-state index is 10.8. The number of rotatable bonds is 0. The van der Waals surface area contributed by atoms with Gasteiger partial charge in [0.1, 0.15) is 0 Å². The van der Waals surface area contributed by atoms with Crippen LogP contribution >= 0.6 is 0 Å². The molecule has 0 aliphatic carbocycles. The van der Waals surface area contributed by atoms with Crippen LogP contribution in [-0.2, 0) is 9.53 Å². The molecule has 4 heteroatoms. The molecule has 0 bridgehead atoms. The van der Waals surface area contributed by atoms with Crippen LogP contribution in [0, 0.1) is 18.8 Å². The van der Waals surface area contributed by atoms with Gasteiger partial charge in [-0.2, -0.15) is 5.10 Å². The first-order chi connectivity index (χ1) is 7.70. The molecule has 0 saturated heterocycles. The number of aryl methyl sites for hydroxylation is 1. The van der Waals surface area contributed by atoms with E-state index in [0.29, 0.717) is 0 Å². The summed E-state index contributed by atoms with van der Waals surface area (Å²) in [7, 11) is 1.30. The van der Waals surface area contributed by atoms with Gasteiger partial charge in [0.05, 0.1) is 12.6 Å². The molecule has 1 heterocycles. The predicted octanol–water partition coefficient (Wildman–Crippen LogP) is 1.40. The third-order valence-corrected chi connectivity index (χ3v) is 2.24. The fourth-order valence-corrected chi connectivity index (χ4v) is 1.40. The van der Waals surface area contributed by atoms with E-state index in [0.717, 1.165) is 22.2 Å². The molecule has 80 valence electrons. The van der Waals surface area contributed by atoms with E-state index < -0.39 is 5.97 Å². The Hall–Kier alpha value is -2.28. The lowest BCUT2D eigenvalue weighted by Gasteiger charge is -1.91. The molecular formula is C12H10N2O2. The summed E-state index contributed by atoms with van der Waals surface area (Å²) in [4.78, 5) is 10.8. The third-order valence-electron chi connectivity index (χ3n) is 2.24. The van der Waals surface area contributed by atoms with E-state index in [-0.39, 0.29) is 0 Å². The Labute approximate surface area is 92.6 Å². The van der Waals surface area contributed by atoms with Gasteiger partial charge in [-0.1, -0.05) is 5.92 Å². The molecule has 0 atom stereocenters. The number of methoxy groups -OCH3 is 1. The van der Waals surface area contributed by atoms with Gasteiger partial charge in [-0.25, -0.2) is 4.79 Å². The van der Waals surface area contributed by atoms with Gasteiger partial charge in [0.25, 0.3) is 0 Å². The average Bonchev–Trinajstić information content (AvgIpc) is 2.67. The van der Waals surface area contributed by atoms with Crippen LogP contribution in [0.15, 0.2) is 18.2 Å². The van der Waals surface area contributed by atoms with E-state index in [1.165, 1.54) is 7.11 Å². The van der Waals surface area contributed by atoms with Crippen LogP contribution in [0.1, 0.15) is 11.3 Å². The SMILES string of the molecule is COC(=O)C#Cc1ccc2c(C)[nH]nc2c1. The minimum Gasteiger partial charge on any atom is -0.459 e. The molecule has 0 saturated carbocycles. The highest BCUT2D eigenvalue weighted by Crippen LogP contribution is 2.15. The van der Waals surface area contributed by atoms with E-state index in [9.17, 15) is 4.79 Å². The van der Waals surface area contributed by atoms with Crippen molar-refractivity contribution >= 4 is 16.9 Å². The van der Waals surface area contributed by atoms with Crippen molar-refractivity contribution in [2.24, 2.45) is 0 Å². The lowest BCUT2D eigenvalue weighted by Crippen LogP contribution is -1.94. The zero-order chi connectivity index (χ0) is 11.5. The minimum absolute atomic E-state index is 0.543. The second kappa shape index (κ2) is 4.07. The van der Waals surface area contributed by atoms with Crippen molar-refractivity contribution in [1.82, 2.24) is 10.2 Å². The molecule has 1 aromatic carbocycles. The number of esters is 1. The molecule has 0 unspecified atom stereocenters. The van der Waals surface area contributed by atoms with E-state index in [1.54, 1.807) is 0 Å². The number of nitrogens with zero attached hydrogens (tertiary/aromatic N) is 1. The van der Waals surface area contributed by atoms with Crippen molar-refractivity contribution in [2.45, 2.75) is 6.92 Å². The smallest absolute Gasteiger partial charge is 0.384 e. The average molecular weight is 214 g/mol. The molecule has 0 amide bonds. The molecule has 0 radical (unpaired) electrons. The Morgan fingerprint density at radius 3 is 3.06 bits per heavy atom. The molecular weight excluding hydrogens is 204 g/mol. The number of carbonyl (C=O) groups is 1. The van der Waals surface area contributed by atoms with E-state index in [4.69, 9.17) is 0 Å². The summed E-state index contributed by atoms with van der Waals surface area (Å²) in [5, 5.41) is 8.07. The zero-order valence-corrected chi connectivity index (χ0v) is 9.00. The molecule has 0 fully saturated rings. The fraction of sp³-hybridized carbons (Fsp3) is 0.167. The minimum atomic E-state index is -0.543. The van der Waals surface area contributed by atoms with E-state index >= 15 is 0 Å². The molecule has 4 nitrogen and oxygen atoms in total. The summed E-state index contributed by atoms with van der Waals surface area (Å²) >= 11 is 0. The van der Waals surface area contributed by atoms with Gasteiger partial charge in [-0.15, -0.1) is 0 Å². The van der Waals surface area contributed by atoms with Crippen LogP contribution in [0.3, 0.4) is 0 Å². The largest absolute Gasteiger partial charge is 0.459 e. The number of carbonyl (C=O) groups excluding carboxylic acids is 1. The van der Waals surface area contributed by atoms with Crippen LogP contribution in [-0.4, -0.2) is 23.3 Å². The summed E-state index contributed by atoms with van der Waals surface area (Å²) in [6.45, 7) is 1.95. The maximum atomic E-state index is 10.8. The Morgan fingerprint density at radius 2 is 2.31 bits per heavy atom. The Morgan fingerprint density at radius 1 is 1.50 bits per heavy atom. The molecule has 2 rings (SSSR count). The number of hydrogen-bond acceptors (Lipinski definition) is 3. The van der Waals surface area contributed by atoms with Crippen molar-refractivity contribution < 1.29 is 9.53 Å². The van der Waals surface area contributed by atoms with Gasteiger partial charge in [-0.3, -0.25) is 5.10 Å². The van der Waals surface area contributed by atoms with Crippen molar-refractivity contribution in [1.29, 1.82) is 0 Å². The van der Waals surface area contributed by atoms with Crippen molar-refractivity contribution in [3.8, 4) is 11.8 Å². The second-order valence-corrected chi connectivity index (χ2v) is 3.32. The van der Waals surface area contributed by atoms with E-state index in [1.807, 2.05) is 25.1 Å². The molecule has 2 aromatic rings. The Kier molecular flexibility index (Phi) is 2.61. The first kappa shape index (κ1) is 10.2. The summed E-state index contributed by atoms with van der Waals surface area (Å²) < 4.78 is 4.43. The summed E-state index contributed by atoms with van der Waals surface area (Å²) in [6, 6.07) is 5.60. The number of nitrogens with one attached hydrogen (secondary N) is 1. The summed E-state index contributed by atoms with van der Waals surface area (Å²) in [5.74, 6) is 4.55. The number of aromatic nitrogens is 2. The highest BCUT2D eigenvalue weighted by molar-refractivity contribution is 5.89. The van der Waals surface area contributed by atoms with Gasteiger partial charge in [0.15, 0.2) is 0 Å². The molecule has 1 N–H and O–H groups in total. The van der Waals surface area contributed by atoms with Gasteiger partial charge < -0.3 is 4.74 Å². The van der Waals surface area contributed by atoms with E-state index in [2.05, 4.69) is 26.8 Å². The molecule has 16 heavy (non-hydrogen) atoms. The summed E-state index contributed by atoms with van der Waals surface area (Å²) in [6.07, 6.45) is 0. The van der Waals surface area contributed by atoms with Gasteiger partial charge >= 0.3 is 5.97 Å². The molecule has 0 spiro atoms. The topological polar surface area (TPSA) is 55.0 Å². The predicted molar refractivity (Wildman–Crippen MR) is 59.7 cm³/mol. The first-order valence-electron chi connectivity index (χ1n) is 4.75. The number of ether oxygens (including phenoxy) is 1. The number of fused-ring (bicyclic) bond motifs is 1. The quantitative estimate of drug-likeness (QED) is 0.532. The van der Waals surface area contributed by atoms with Crippen LogP contribution in [0.25, 0.3) is 10.9 Å². The second-order valence-electron chi connectivity index (χ2n) is 3.32. The van der Waals surface area contributed by atoms with Crippen LogP contribution < -0.4 is 0 Å². The van der Waals surface area contributed by atoms with Gasteiger partial charge in [-0.05, 0) is 25.1 Å². The number of H-pyrrole nitrogens is 1. The van der Waals surface area contributed by atoms with Gasteiger partial charge in [0, 0.05) is 22.6 Å². The number of benzene rings is 1. The van der Waals surface area contributed by atoms with Crippen LogP contribution in [0.4, 0.5) is 0 Å². The molecule has 0 aliphatic heterocycles. The highest BCUT2D eigenvalue weighted by Gasteiger charge is 2.00. The first-order valence-corrected chi connectivity index (χ1v) is 4.75.